The Morgan fingerprint density at radius 3 is 2.62 bits per heavy atom. The van der Waals surface area contributed by atoms with Crippen LogP contribution in [0.1, 0.15) is 30.4 Å². The van der Waals surface area contributed by atoms with Crippen LogP contribution in [0.4, 0.5) is 0 Å². The van der Waals surface area contributed by atoms with E-state index < -0.39 is 0 Å². The maximum atomic E-state index is 3.21. The highest BCUT2D eigenvalue weighted by molar-refractivity contribution is 5.22. The Bertz CT molecular complexity index is 429. The van der Waals surface area contributed by atoms with Crippen LogP contribution in [0, 0.1) is 0 Å². The van der Waals surface area contributed by atoms with E-state index in [9.17, 15) is 0 Å². The van der Waals surface area contributed by atoms with E-state index in [0.717, 1.165) is 25.6 Å². The molecule has 1 N–H and O–H groups in total. The number of benzene rings is 1. The molecule has 1 atom stereocenters. The fourth-order valence-electron chi connectivity index (χ4n) is 3.77. The summed E-state index contributed by atoms with van der Waals surface area (Å²) in [5.41, 5.74) is 2.90. The zero-order valence-corrected chi connectivity index (χ0v) is 13.4. The van der Waals surface area contributed by atoms with Crippen molar-refractivity contribution in [3.63, 3.8) is 0 Å². The van der Waals surface area contributed by atoms with Crippen LogP contribution in [0.15, 0.2) is 24.3 Å². The molecule has 1 aromatic carbocycles. The van der Waals surface area contributed by atoms with E-state index in [0.29, 0.717) is 0 Å². The molecule has 0 amide bonds. The number of rotatable bonds is 5. The molecule has 2 aliphatic heterocycles. The molecular formula is C18H29N3. The Balaban J connectivity index is 1.55. The molecule has 0 spiro atoms. The second kappa shape index (κ2) is 7.39. The van der Waals surface area contributed by atoms with Crippen molar-refractivity contribution < 1.29 is 0 Å². The molecule has 3 nitrogen and oxygen atoms in total. The van der Waals surface area contributed by atoms with Gasteiger partial charge in [0.05, 0.1) is 0 Å². The SMILES string of the molecule is CNCCc1ccc(CN2CCCN3CCCC3C2)cc1. The smallest absolute Gasteiger partial charge is 0.0234 e. The third-order valence-electron chi connectivity index (χ3n) is 4.98. The molecule has 2 fully saturated rings. The van der Waals surface area contributed by atoms with Crippen molar-refractivity contribution >= 4 is 0 Å². The number of hydrogen-bond acceptors (Lipinski definition) is 3. The molecule has 2 aliphatic rings. The summed E-state index contributed by atoms with van der Waals surface area (Å²) in [4.78, 5) is 5.37. The third-order valence-corrected chi connectivity index (χ3v) is 4.98. The second-order valence-electron chi connectivity index (χ2n) is 6.59. The van der Waals surface area contributed by atoms with Gasteiger partial charge in [-0.25, -0.2) is 0 Å². The van der Waals surface area contributed by atoms with E-state index in [1.54, 1.807) is 0 Å². The monoisotopic (exact) mass is 287 g/mol. The van der Waals surface area contributed by atoms with Gasteiger partial charge in [0, 0.05) is 19.1 Å². The van der Waals surface area contributed by atoms with Gasteiger partial charge in [-0.15, -0.1) is 0 Å². The maximum Gasteiger partial charge on any atom is 0.0234 e. The molecule has 116 valence electrons. The van der Waals surface area contributed by atoms with Crippen molar-refractivity contribution in [2.45, 2.75) is 38.3 Å². The van der Waals surface area contributed by atoms with Gasteiger partial charge in [0.1, 0.15) is 0 Å². The van der Waals surface area contributed by atoms with Gasteiger partial charge in [-0.05, 0) is 70.0 Å². The Hall–Kier alpha value is -0.900. The van der Waals surface area contributed by atoms with E-state index in [1.807, 2.05) is 7.05 Å². The minimum Gasteiger partial charge on any atom is -0.319 e. The van der Waals surface area contributed by atoms with Gasteiger partial charge >= 0.3 is 0 Å². The van der Waals surface area contributed by atoms with E-state index in [1.165, 1.54) is 56.6 Å². The second-order valence-corrected chi connectivity index (χ2v) is 6.59. The van der Waals surface area contributed by atoms with Crippen LogP contribution in [-0.4, -0.2) is 55.6 Å². The van der Waals surface area contributed by atoms with Gasteiger partial charge in [0.2, 0.25) is 0 Å². The van der Waals surface area contributed by atoms with Crippen LogP contribution in [0.3, 0.4) is 0 Å². The number of fused-ring (bicyclic) bond motifs is 1. The van der Waals surface area contributed by atoms with Crippen LogP contribution in [0.25, 0.3) is 0 Å². The van der Waals surface area contributed by atoms with Gasteiger partial charge in [-0.2, -0.15) is 0 Å². The first-order valence-corrected chi connectivity index (χ1v) is 8.54. The van der Waals surface area contributed by atoms with Gasteiger partial charge in [0.15, 0.2) is 0 Å². The number of likely N-dealkylation sites (N-methyl/N-ethyl adjacent to an activating group) is 1. The predicted molar refractivity (Wildman–Crippen MR) is 88.6 cm³/mol. The normalized spacial score (nSPS) is 24.0. The lowest BCUT2D eigenvalue weighted by atomic mass is 10.1. The summed E-state index contributed by atoms with van der Waals surface area (Å²) in [6.07, 6.45) is 5.26. The first-order chi connectivity index (χ1) is 10.3. The molecular weight excluding hydrogens is 258 g/mol. The summed E-state index contributed by atoms with van der Waals surface area (Å²) < 4.78 is 0. The third kappa shape index (κ3) is 4.06. The first kappa shape index (κ1) is 15.0. The van der Waals surface area contributed by atoms with Gasteiger partial charge in [-0.3, -0.25) is 9.80 Å². The molecule has 0 aliphatic carbocycles. The van der Waals surface area contributed by atoms with Crippen LogP contribution in [-0.2, 0) is 13.0 Å². The van der Waals surface area contributed by atoms with Gasteiger partial charge < -0.3 is 5.32 Å². The average Bonchev–Trinajstić information content (AvgIpc) is 2.85. The van der Waals surface area contributed by atoms with Crippen molar-refractivity contribution in [3.8, 4) is 0 Å². The summed E-state index contributed by atoms with van der Waals surface area (Å²) in [6.45, 7) is 7.35. The van der Waals surface area contributed by atoms with Crippen LogP contribution in [0.2, 0.25) is 0 Å². The van der Waals surface area contributed by atoms with Gasteiger partial charge in [0.25, 0.3) is 0 Å². The zero-order chi connectivity index (χ0) is 14.5. The Morgan fingerprint density at radius 1 is 1.05 bits per heavy atom. The van der Waals surface area contributed by atoms with Crippen molar-refractivity contribution in [1.82, 2.24) is 15.1 Å². The summed E-state index contributed by atoms with van der Waals surface area (Å²) in [6, 6.07) is 10.1. The van der Waals surface area contributed by atoms with Crippen LogP contribution >= 0.6 is 0 Å². The average molecular weight is 287 g/mol. The highest BCUT2D eigenvalue weighted by Crippen LogP contribution is 2.22. The van der Waals surface area contributed by atoms with E-state index >= 15 is 0 Å². The topological polar surface area (TPSA) is 18.5 Å². The fraction of sp³-hybridized carbons (Fsp3) is 0.667. The lowest BCUT2D eigenvalue weighted by Gasteiger charge is -2.25. The zero-order valence-electron chi connectivity index (χ0n) is 13.4. The van der Waals surface area contributed by atoms with Crippen molar-refractivity contribution in [1.29, 1.82) is 0 Å². The molecule has 3 heteroatoms. The van der Waals surface area contributed by atoms with E-state index in [2.05, 4.69) is 39.4 Å². The van der Waals surface area contributed by atoms with Crippen molar-refractivity contribution in [3.05, 3.63) is 35.4 Å². The lowest BCUT2D eigenvalue weighted by Crippen LogP contribution is -2.36. The van der Waals surface area contributed by atoms with Crippen LogP contribution in [0.5, 0.6) is 0 Å². The highest BCUT2D eigenvalue weighted by atomic mass is 15.3. The Morgan fingerprint density at radius 2 is 1.81 bits per heavy atom. The van der Waals surface area contributed by atoms with Crippen molar-refractivity contribution in [2.75, 3.05) is 39.8 Å². The maximum absolute atomic E-state index is 3.21. The molecule has 0 bridgehead atoms. The molecule has 0 radical (unpaired) electrons. The van der Waals surface area contributed by atoms with E-state index in [-0.39, 0.29) is 0 Å². The van der Waals surface area contributed by atoms with Crippen molar-refractivity contribution in [2.24, 2.45) is 0 Å². The number of hydrogen-bond donors (Lipinski definition) is 1. The largest absolute Gasteiger partial charge is 0.319 e. The predicted octanol–water partition coefficient (Wildman–Crippen LogP) is 2.12. The molecule has 3 rings (SSSR count). The lowest BCUT2D eigenvalue weighted by molar-refractivity contribution is 0.215. The highest BCUT2D eigenvalue weighted by Gasteiger charge is 2.28. The fourth-order valence-corrected chi connectivity index (χ4v) is 3.77. The standard InChI is InChI=1S/C18H29N3/c1-19-10-9-16-5-7-17(8-6-16)14-20-11-3-13-21-12-2-4-18(21)15-20/h5-8,18-19H,2-4,9-15H2,1H3. The summed E-state index contributed by atoms with van der Waals surface area (Å²) in [5, 5.41) is 3.21. The minimum atomic E-state index is 0.822. The molecule has 2 heterocycles. The molecule has 0 saturated carbocycles. The minimum absolute atomic E-state index is 0.822. The number of nitrogens with zero attached hydrogens (tertiary/aromatic N) is 2. The molecule has 1 aromatic rings. The summed E-state index contributed by atoms with van der Waals surface area (Å²) >= 11 is 0. The number of nitrogens with one attached hydrogen (secondary N) is 1. The van der Waals surface area contributed by atoms with E-state index in [4.69, 9.17) is 0 Å². The van der Waals surface area contributed by atoms with Crippen LogP contribution < -0.4 is 5.32 Å². The summed E-state index contributed by atoms with van der Waals surface area (Å²) in [7, 11) is 2.01. The Kier molecular flexibility index (Phi) is 5.28. The Labute approximate surface area is 129 Å². The first-order valence-electron chi connectivity index (χ1n) is 8.54. The quantitative estimate of drug-likeness (QED) is 0.895. The molecule has 1 unspecified atom stereocenters. The summed E-state index contributed by atoms with van der Waals surface area (Å²) in [5.74, 6) is 0. The molecule has 0 aromatic heterocycles. The molecule has 21 heavy (non-hydrogen) atoms. The molecule has 2 saturated heterocycles. The van der Waals surface area contributed by atoms with Gasteiger partial charge in [-0.1, -0.05) is 24.3 Å².